The van der Waals surface area contributed by atoms with Gasteiger partial charge in [0.2, 0.25) is 0 Å². The number of ether oxygens (including phenoxy) is 4. The summed E-state index contributed by atoms with van der Waals surface area (Å²) in [5.74, 6) is 3.12. The van der Waals surface area contributed by atoms with Gasteiger partial charge in [-0.3, -0.25) is 9.88 Å². The topological polar surface area (TPSA) is 78.0 Å². The molecule has 0 spiro atoms. The molecule has 1 N–H and O–H groups in total. The Morgan fingerprint density at radius 2 is 1.94 bits per heavy atom. The molecule has 172 valence electrons. The number of hydrogen-bond donors (Lipinski definition) is 1. The van der Waals surface area contributed by atoms with Crippen LogP contribution in [0.5, 0.6) is 17.2 Å². The lowest BCUT2D eigenvalue weighted by molar-refractivity contribution is -0.0351. The average Bonchev–Trinajstić information content (AvgIpc) is 2.84. The lowest BCUT2D eigenvalue weighted by Gasteiger charge is -2.33. The van der Waals surface area contributed by atoms with E-state index in [1.54, 1.807) is 7.11 Å². The number of pyridine rings is 2. The molecule has 5 rings (SSSR count). The van der Waals surface area contributed by atoms with Crippen molar-refractivity contribution in [1.82, 2.24) is 14.9 Å². The van der Waals surface area contributed by atoms with Crippen LogP contribution in [0.4, 0.5) is 11.5 Å². The number of aromatic nitrogens is 2. The van der Waals surface area contributed by atoms with Gasteiger partial charge in [-0.05, 0) is 37.3 Å². The van der Waals surface area contributed by atoms with Gasteiger partial charge in [0.15, 0.2) is 11.5 Å². The number of hydrogen-bond acceptors (Lipinski definition) is 8. The van der Waals surface area contributed by atoms with Crippen molar-refractivity contribution in [2.75, 3.05) is 45.3 Å². The minimum Gasteiger partial charge on any atom is -0.496 e. The predicted molar refractivity (Wildman–Crippen MR) is 124 cm³/mol. The van der Waals surface area contributed by atoms with E-state index >= 15 is 0 Å². The van der Waals surface area contributed by atoms with Gasteiger partial charge in [0.05, 0.1) is 31.3 Å². The van der Waals surface area contributed by atoms with Crippen molar-refractivity contribution in [2.24, 2.45) is 0 Å². The lowest BCUT2D eigenvalue weighted by atomic mass is 10.1. The van der Waals surface area contributed by atoms with Crippen LogP contribution in [0.15, 0.2) is 48.7 Å². The molecular formula is C25H28N4O4. The molecule has 1 aromatic carbocycles. The summed E-state index contributed by atoms with van der Waals surface area (Å²) in [6, 6.07) is 13.9. The molecule has 8 heteroatoms. The maximum absolute atomic E-state index is 6.04. The van der Waals surface area contributed by atoms with E-state index in [2.05, 4.69) is 20.2 Å². The first-order chi connectivity index (χ1) is 16.2. The van der Waals surface area contributed by atoms with Gasteiger partial charge in [-0.2, -0.15) is 0 Å². The third kappa shape index (κ3) is 5.02. The second-order valence-corrected chi connectivity index (χ2v) is 8.16. The smallest absolute Gasteiger partial charge is 0.165 e. The first-order valence-corrected chi connectivity index (χ1v) is 11.1. The van der Waals surface area contributed by atoms with E-state index in [4.69, 9.17) is 18.9 Å². The second kappa shape index (κ2) is 9.64. The molecule has 0 saturated carbocycles. The van der Waals surface area contributed by atoms with Crippen LogP contribution in [-0.4, -0.2) is 54.9 Å². The highest BCUT2D eigenvalue weighted by molar-refractivity contribution is 5.55. The van der Waals surface area contributed by atoms with Gasteiger partial charge in [0, 0.05) is 37.0 Å². The Labute approximate surface area is 193 Å². The van der Waals surface area contributed by atoms with Gasteiger partial charge in [0.25, 0.3) is 0 Å². The highest BCUT2D eigenvalue weighted by atomic mass is 16.6. The van der Waals surface area contributed by atoms with E-state index in [1.807, 2.05) is 55.6 Å². The molecule has 0 amide bonds. The highest BCUT2D eigenvalue weighted by Crippen LogP contribution is 2.37. The van der Waals surface area contributed by atoms with Gasteiger partial charge in [-0.15, -0.1) is 0 Å². The molecule has 1 atom stereocenters. The molecule has 2 aromatic heterocycles. The number of nitrogens with zero attached hydrogens (tertiary/aromatic N) is 3. The molecule has 4 heterocycles. The van der Waals surface area contributed by atoms with Crippen molar-refractivity contribution < 1.29 is 18.9 Å². The summed E-state index contributed by atoms with van der Waals surface area (Å²) < 4.78 is 23.1. The molecule has 2 aliphatic rings. The van der Waals surface area contributed by atoms with E-state index < -0.39 is 0 Å². The summed E-state index contributed by atoms with van der Waals surface area (Å²) >= 11 is 0. The van der Waals surface area contributed by atoms with Crippen LogP contribution in [0.3, 0.4) is 0 Å². The Kier molecular flexibility index (Phi) is 6.28. The van der Waals surface area contributed by atoms with Crippen LogP contribution < -0.4 is 19.5 Å². The third-order valence-corrected chi connectivity index (χ3v) is 5.77. The molecule has 3 aromatic rings. The Morgan fingerprint density at radius 1 is 1.09 bits per heavy atom. The van der Waals surface area contributed by atoms with Gasteiger partial charge in [0.1, 0.15) is 30.9 Å². The predicted octanol–water partition coefficient (Wildman–Crippen LogP) is 3.88. The summed E-state index contributed by atoms with van der Waals surface area (Å²) in [7, 11) is 1.68. The highest BCUT2D eigenvalue weighted by Gasteiger charge is 2.25. The number of nitrogens with one attached hydrogen (secondary N) is 1. The van der Waals surface area contributed by atoms with E-state index in [0.29, 0.717) is 19.8 Å². The molecule has 0 radical (unpaired) electrons. The van der Waals surface area contributed by atoms with Crippen molar-refractivity contribution >= 4 is 11.5 Å². The molecule has 0 bridgehead atoms. The quantitative estimate of drug-likeness (QED) is 0.609. The third-order valence-electron chi connectivity index (χ3n) is 5.77. The maximum Gasteiger partial charge on any atom is 0.165 e. The molecule has 33 heavy (non-hydrogen) atoms. The lowest BCUT2D eigenvalue weighted by Crippen LogP contribution is -2.38. The van der Waals surface area contributed by atoms with Crippen LogP contribution in [0.25, 0.3) is 0 Å². The number of anilines is 2. The molecule has 1 saturated heterocycles. The fourth-order valence-electron chi connectivity index (χ4n) is 4.12. The normalized spacial score (nSPS) is 18.1. The Hall–Kier alpha value is -3.36. The van der Waals surface area contributed by atoms with E-state index in [-0.39, 0.29) is 6.10 Å². The molecule has 8 nitrogen and oxygen atoms in total. The fraction of sp³-hybridized carbons (Fsp3) is 0.360. The monoisotopic (exact) mass is 448 g/mol. The van der Waals surface area contributed by atoms with Crippen LogP contribution in [-0.2, 0) is 11.3 Å². The Balaban J connectivity index is 1.25. The van der Waals surface area contributed by atoms with Crippen LogP contribution in [0.2, 0.25) is 0 Å². The minimum atomic E-state index is -0.0897. The zero-order valence-corrected chi connectivity index (χ0v) is 18.9. The number of aryl methyl sites for hydroxylation is 1. The maximum atomic E-state index is 6.04. The van der Waals surface area contributed by atoms with Crippen LogP contribution >= 0.6 is 0 Å². The number of rotatable bonds is 6. The Morgan fingerprint density at radius 3 is 2.70 bits per heavy atom. The summed E-state index contributed by atoms with van der Waals surface area (Å²) in [6.45, 7) is 6.06. The average molecular weight is 449 g/mol. The Bertz CT molecular complexity index is 1110. The van der Waals surface area contributed by atoms with Crippen molar-refractivity contribution in [3.05, 3.63) is 65.6 Å². The van der Waals surface area contributed by atoms with Crippen molar-refractivity contribution in [3.8, 4) is 17.2 Å². The first kappa shape index (κ1) is 21.5. The number of benzene rings is 1. The SMILES string of the molecule is COc1cc2c(cc1CN1CCOC(c3ccc(Nc4cccc(C)n4)cn3)C1)OCCO2. The summed E-state index contributed by atoms with van der Waals surface area (Å²) in [5.41, 5.74) is 3.85. The van der Waals surface area contributed by atoms with Crippen molar-refractivity contribution in [2.45, 2.75) is 19.6 Å². The van der Waals surface area contributed by atoms with Crippen LogP contribution in [0.1, 0.15) is 23.1 Å². The number of fused-ring (bicyclic) bond motifs is 1. The zero-order valence-electron chi connectivity index (χ0n) is 18.9. The molecular weight excluding hydrogens is 420 g/mol. The van der Waals surface area contributed by atoms with E-state index in [1.165, 1.54) is 0 Å². The van der Waals surface area contributed by atoms with Gasteiger partial charge < -0.3 is 24.3 Å². The van der Waals surface area contributed by atoms with E-state index in [0.717, 1.165) is 65.3 Å². The summed E-state index contributed by atoms with van der Waals surface area (Å²) in [4.78, 5) is 11.5. The summed E-state index contributed by atoms with van der Waals surface area (Å²) in [5, 5.41) is 3.29. The molecule has 2 aliphatic heterocycles. The van der Waals surface area contributed by atoms with Gasteiger partial charge in [-0.1, -0.05) is 6.07 Å². The zero-order chi connectivity index (χ0) is 22.6. The van der Waals surface area contributed by atoms with Gasteiger partial charge >= 0.3 is 0 Å². The second-order valence-electron chi connectivity index (χ2n) is 8.16. The molecule has 1 unspecified atom stereocenters. The summed E-state index contributed by atoms with van der Waals surface area (Å²) in [6.07, 6.45) is 1.74. The van der Waals surface area contributed by atoms with Crippen LogP contribution in [0, 0.1) is 6.92 Å². The fourth-order valence-corrected chi connectivity index (χ4v) is 4.12. The first-order valence-electron chi connectivity index (χ1n) is 11.1. The van der Waals surface area contributed by atoms with Crippen molar-refractivity contribution in [1.29, 1.82) is 0 Å². The van der Waals surface area contributed by atoms with Gasteiger partial charge in [-0.25, -0.2) is 4.98 Å². The molecule has 1 fully saturated rings. The number of morpholine rings is 1. The minimum absolute atomic E-state index is 0.0897. The standard InChI is InChI=1S/C25H28N4O4/c1-17-4-3-5-25(27-17)28-19-6-7-20(26-14-19)24-16-29(8-9-31-24)15-18-12-22-23(13-21(18)30-2)33-11-10-32-22/h3-7,12-14,24H,8-11,15-16H2,1-2H3,(H,27,28). The number of methoxy groups -OCH3 is 1. The van der Waals surface area contributed by atoms with Crippen molar-refractivity contribution in [3.63, 3.8) is 0 Å². The largest absolute Gasteiger partial charge is 0.496 e. The van der Waals surface area contributed by atoms with E-state index in [9.17, 15) is 0 Å². The molecule has 0 aliphatic carbocycles.